The monoisotopic (exact) mass is 412 g/mol. The summed E-state index contributed by atoms with van der Waals surface area (Å²) in [5.74, 6) is 1.30. The maximum Gasteiger partial charge on any atom is 0.260 e. The van der Waals surface area contributed by atoms with Gasteiger partial charge in [0.2, 0.25) is 0 Å². The number of nitrogens with one attached hydrogen (secondary N) is 1. The molecule has 0 aliphatic rings. The average molecular weight is 413 g/mol. The van der Waals surface area contributed by atoms with Crippen LogP contribution in [0.3, 0.4) is 0 Å². The largest absolute Gasteiger partial charge is 0.464 e. The Morgan fingerprint density at radius 1 is 1.26 bits per heavy atom. The van der Waals surface area contributed by atoms with Gasteiger partial charge in [0, 0.05) is 10.9 Å². The van der Waals surface area contributed by atoms with Crippen LogP contribution in [0.1, 0.15) is 18.0 Å². The van der Waals surface area contributed by atoms with Gasteiger partial charge in [0.25, 0.3) is 5.56 Å². The maximum absolute atomic E-state index is 12.7. The number of aromatic nitrogens is 4. The number of thioether (sulfide) groups is 1. The van der Waals surface area contributed by atoms with Crippen LogP contribution < -0.4 is 5.56 Å². The fourth-order valence-electron chi connectivity index (χ4n) is 2.84. The Labute approximate surface area is 165 Å². The van der Waals surface area contributed by atoms with E-state index >= 15 is 0 Å². The van der Waals surface area contributed by atoms with E-state index in [0.717, 1.165) is 20.8 Å². The van der Waals surface area contributed by atoms with E-state index in [2.05, 4.69) is 15.0 Å². The molecule has 0 saturated heterocycles. The Bertz CT molecular complexity index is 1300. The molecule has 1 N–H and O–H groups in total. The standard InChI is InChI=1S/C18H12N4O2S3/c1-9(27-18-14-11(4-6-25-14)19-8-20-18)15-21-16(23)13-10(7-26-17(13)22-15)12-3-2-5-24-12/h2-9H,1H3,(H,21,22,23). The second-order valence-electron chi connectivity index (χ2n) is 5.83. The molecule has 9 heteroatoms. The molecule has 134 valence electrons. The summed E-state index contributed by atoms with van der Waals surface area (Å²) in [6.07, 6.45) is 3.17. The molecule has 0 saturated carbocycles. The smallest absolute Gasteiger partial charge is 0.260 e. The minimum atomic E-state index is -0.154. The molecule has 1 unspecified atom stereocenters. The summed E-state index contributed by atoms with van der Waals surface area (Å²) in [6.45, 7) is 2.01. The number of nitrogens with zero attached hydrogens (tertiary/aromatic N) is 3. The predicted octanol–water partition coefficient (Wildman–Crippen LogP) is 5.10. The van der Waals surface area contributed by atoms with Crippen molar-refractivity contribution in [3.63, 3.8) is 0 Å². The predicted molar refractivity (Wildman–Crippen MR) is 110 cm³/mol. The molecule has 27 heavy (non-hydrogen) atoms. The highest BCUT2D eigenvalue weighted by Crippen LogP contribution is 2.38. The van der Waals surface area contributed by atoms with Crippen molar-refractivity contribution in [3.05, 3.63) is 57.7 Å². The first-order chi connectivity index (χ1) is 13.2. The van der Waals surface area contributed by atoms with Gasteiger partial charge in [-0.05, 0) is 30.5 Å². The van der Waals surface area contributed by atoms with Crippen LogP contribution in [0.2, 0.25) is 0 Å². The molecule has 0 aromatic carbocycles. The number of hydrogen-bond acceptors (Lipinski definition) is 8. The van der Waals surface area contributed by atoms with Crippen molar-refractivity contribution in [3.8, 4) is 11.3 Å². The van der Waals surface area contributed by atoms with Crippen molar-refractivity contribution >= 4 is 54.9 Å². The van der Waals surface area contributed by atoms with Crippen molar-refractivity contribution in [1.82, 2.24) is 19.9 Å². The first-order valence-corrected chi connectivity index (χ1v) is 10.7. The Hall–Kier alpha value is -2.49. The van der Waals surface area contributed by atoms with Gasteiger partial charge in [0.05, 0.1) is 27.1 Å². The molecule has 0 aliphatic carbocycles. The highest BCUT2D eigenvalue weighted by Gasteiger charge is 2.19. The maximum atomic E-state index is 12.7. The lowest BCUT2D eigenvalue weighted by Crippen LogP contribution is -2.12. The number of fused-ring (bicyclic) bond motifs is 2. The Balaban J connectivity index is 1.53. The summed E-state index contributed by atoms with van der Waals surface area (Å²) in [4.78, 5) is 29.7. The quantitative estimate of drug-likeness (QED) is 0.326. The van der Waals surface area contributed by atoms with E-state index in [1.165, 1.54) is 11.3 Å². The van der Waals surface area contributed by atoms with Gasteiger partial charge in [-0.25, -0.2) is 15.0 Å². The zero-order valence-electron chi connectivity index (χ0n) is 14.0. The Morgan fingerprint density at radius 2 is 2.19 bits per heavy atom. The summed E-state index contributed by atoms with van der Waals surface area (Å²) >= 11 is 4.62. The van der Waals surface area contributed by atoms with Crippen LogP contribution >= 0.6 is 34.4 Å². The zero-order chi connectivity index (χ0) is 18.4. The van der Waals surface area contributed by atoms with Crippen molar-refractivity contribution in [1.29, 1.82) is 0 Å². The van der Waals surface area contributed by atoms with Crippen LogP contribution in [0.15, 0.2) is 55.8 Å². The van der Waals surface area contributed by atoms with E-state index in [4.69, 9.17) is 9.40 Å². The second kappa shape index (κ2) is 6.59. The normalized spacial score (nSPS) is 12.8. The van der Waals surface area contributed by atoms with Gasteiger partial charge in [-0.2, -0.15) is 0 Å². The molecule has 0 spiro atoms. The van der Waals surface area contributed by atoms with Crippen molar-refractivity contribution in [2.75, 3.05) is 0 Å². The summed E-state index contributed by atoms with van der Waals surface area (Å²) < 4.78 is 6.49. The van der Waals surface area contributed by atoms with Crippen molar-refractivity contribution < 1.29 is 4.42 Å². The van der Waals surface area contributed by atoms with Crippen LogP contribution in [-0.2, 0) is 0 Å². The Kier molecular flexibility index (Phi) is 4.07. The topological polar surface area (TPSA) is 84.7 Å². The number of furan rings is 1. The van der Waals surface area contributed by atoms with E-state index in [-0.39, 0.29) is 10.8 Å². The van der Waals surface area contributed by atoms with E-state index < -0.39 is 0 Å². The minimum Gasteiger partial charge on any atom is -0.464 e. The molecule has 5 rings (SSSR count). The molecular formula is C18H12N4O2S3. The van der Waals surface area contributed by atoms with E-state index in [1.807, 2.05) is 29.8 Å². The number of thiophene rings is 2. The molecule has 5 aromatic heterocycles. The SMILES string of the molecule is CC(Sc1ncnc2ccsc12)c1nc2scc(-c3ccco3)c2c(=O)[nH]1. The lowest BCUT2D eigenvalue weighted by Gasteiger charge is -2.10. The van der Waals surface area contributed by atoms with E-state index in [0.29, 0.717) is 21.8 Å². The third kappa shape index (κ3) is 2.88. The zero-order valence-corrected chi connectivity index (χ0v) is 16.5. The first-order valence-electron chi connectivity index (χ1n) is 8.11. The minimum absolute atomic E-state index is 0.0588. The number of hydrogen-bond donors (Lipinski definition) is 1. The number of H-pyrrole nitrogens is 1. The van der Waals surface area contributed by atoms with E-state index in [1.54, 1.807) is 41.8 Å². The summed E-state index contributed by atoms with van der Waals surface area (Å²) in [5.41, 5.74) is 1.55. The Morgan fingerprint density at radius 3 is 3.04 bits per heavy atom. The van der Waals surface area contributed by atoms with Gasteiger partial charge in [-0.1, -0.05) is 11.8 Å². The molecule has 6 nitrogen and oxygen atoms in total. The summed E-state index contributed by atoms with van der Waals surface area (Å²) in [6, 6.07) is 5.62. The van der Waals surface area contributed by atoms with Gasteiger partial charge < -0.3 is 9.40 Å². The van der Waals surface area contributed by atoms with Crippen LogP contribution in [-0.4, -0.2) is 19.9 Å². The van der Waals surface area contributed by atoms with Crippen molar-refractivity contribution in [2.45, 2.75) is 17.2 Å². The third-order valence-corrected chi connectivity index (χ3v) is 7.15. The number of rotatable bonds is 4. The van der Waals surface area contributed by atoms with Crippen LogP contribution in [0.4, 0.5) is 0 Å². The van der Waals surface area contributed by atoms with Gasteiger partial charge >= 0.3 is 0 Å². The first kappa shape index (κ1) is 16.7. The molecule has 5 heterocycles. The fourth-order valence-corrected chi connectivity index (χ4v) is 5.67. The lowest BCUT2D eigenvalue weighted by molar-refractivity contribution is 0.583. The van der Waals surface area contributed by atoms with Gasteiger partial charge in [-0.3, -0.25) is 4.79 Å². The lowest BCUT2D eigenvalue weighted by atomic mass is 10.2. The molecule has 0 amide bonds. The van der Waals surface area contributed by atoms with Crippen LogP contribution in [0.5, 0.6) is 0 Å². The van der Waals surface area contributed by atoms with Gasteiger partial charge in [0.1, 0.15) is 27.8 Å². The summed E-state index contributed by atoms with van der Waals surface area (Å²) in [5, 5.41) is 5.32. The summed E-state index contributed by atoms with van der Waals surface area (Å²) in [7, 11) is 0. The van der Waals surface area contributed by atoms with Gasteiger partial charge in [-0.15, -0.1) is 22.7 Å². The molecule has 0 radical (unpaired) electrons. The molecular weight excluding hydrogens is 400 g/mol. The average Bonchev–Trinajstić information content (AvgIpc) is 3.41. The molecule has 1 atom stereocenters. The van der Waals surface area contributed by atoms with Crippen molar-refractivity contribution in [2.24, 2.45) is 0 Å². The highest BCUT2D eigenvalue weighted by molar-refractivity contribution is 7.99. The fraction of sp³-hybridized carbons (Fsp3) is 0.111. The molecule has 0 bridgehead atoms. The molecule has 5 aromatic rings. The van der Waals surface area contributed by atoms with Gasteiger partial charge in [0.15, 0.2) is 0 Å². The van der Waals surface area contributed by atoms with Crippen LogP contribution in [0, 0.1) is 0 Å². The number of aromatic amines is 1. The molecule has 0 fully saturated rings. The van der Waals surface area contributed by atoms with Crippen LogP contribution in [0.25, 0.3) is 31.8 Å². The third-order valence-electron chi connectivity index (χ3n) is 4.13. The van der Waals surface area contributed by atoms with E-state index in [9.17, 15) is 4.79 Å². The highest BCUT2D eigenvalue weighted by atomic mass is 32.2. The molecule has 0 aliphatic heterocycles. The second-order valence-corrected chi connectivity index (χ2v) is 8.94.